The monoisotopic (exact) mass is 367 g/mol. The molecule has 1 N–H and O–H groups in total. The van der Waals surface area contributed by atoms with Crippen molar-refractivity contribution in [3.63, 3.8) is 0 Å². The van der Waals surface area contributed by atoms with E-state index in [0.29, 0.717) is 12.6 Å². The van der Waals surface area contributed by atoms with Crippen molar-refractivity contribution in [3.8, 4) is 0 Å². The first-order valence-electron chi connectivity index (χ1n) is 9.48. The molecule has 1 aliphatic heterocycles. The van der Waals surface area contributed by atoms with Gasteiger partial charge in [0.1, 0.15) is 0 Å². The third kappa shape index (κ3) is 5.39. The third-order valence-electron chi connectivity index (χ3n) is 4.95. The molecule has 0 saturated carbocycles. The van der Waals surface area contributed by atoms with Crippen molar-refractivity contribution >= 4 is 11.6 Å². The molecular formula is C22H29N3O2. The molecule has 5 nitrogen and oxygen atoms in total. The molecule has 2 aromatic carbocycles. The van der Waals surface area contributed by atoms with Crippen molar-refractivity contribution in [2.24, 2.45) is 0 Å². The van der Waals surface area contributed by atoms with Crippen molar-refractivity contribution in [3.05, 3.63) is 65.7 Å². The molecule has 2 atom stereocenters. The lowest BCUT2D eigenvalue weighted by molar-refractivity contribution is -0.116. The molecule has 0 bridgehead atoms. The Bertz CT molecular complexity index is 731. The summed E-state index contributed by atoms with van der Waals surface area (Å²) in [4.78, 5) is 16.2. The zero-order valence-corrected chi connectivity index (χ0v) is 16.4. The number of carbonyl (C=O) groups excluding carboxylic acids is 1. The summed E-state index contributed by atoms with van der Waals surface area (Å²) in [6.45, 7) is 5.15. The molecule has 0 aromatic heterocycles. The number of hydrogen-bond acceptors (Lipinski definition) is 4. The van der Waals surface area contributed by atoms with Gasteiger partial charge in [0.2, 0.25) is 5.91 Å². The van der Waals surface area contributed by atoms with Gasteiger partial charge in [0.25, 0.3) is 0 Å². The number of nitrogens with one attached hydrogen (secondary N) is 1. The second kappa shape index (κ2) is 9.13. The van der Waals surface area contributed by atoms with E-state index in [9.17, 15) is 4.79 Å². The predicted octanol–water partition coefficient (Wildman–Crippen LogP) is 3.32. The number of benzene rings is 2. The van der Waals surface area contributed by atoms with Crippen LogP contribution in [-0.4, -0.2) is 56.0 Å². The van der Waals surface area contributed by atoms with Crippen LogP contribution in [0.4, 0.5) is 5.69 Å². The van der Waals surface area contributed by atoms with Crippen LogP contribution in [-0.2, 0) is 9.53 Å². The molecule has 1 fully saturated rings. The third-order valence-corrected chi connectivity index (χ3v) is 4.95. The topological polar surface area (TPSA) is 44.8 Å². The minimum absolute atomic E-state index is 0.00970. The molecule has 27 heavy (non-hydrogen) atoms. The number of anilines is 1. The number of amides is 1. The summed E-state index contributed by atoms with van der Waals surface area (Å²) in [5.74, 6) is -0.00970. The molecule has 1 amide bonds. The summed E-state index contributed by atoms with van der Waals surface area (Å²) in [7, 11) is 3.76. The van der Waals surface area contributed by atoms with E-state index in [1.165, 1.54) is 5.56 Å². The van der Waals surface area contributed by atoms with Gasteiger partial charge in [-0.1, -0.05) is 42.5 Å². The highest BCUT2D eigenvalue weighted by Crippen LogP contribution is 2.29. The highest BCUT2D eigenvalue weighted by molar-refractivity contribution is 5.92. The lowest BCUT2D eigenvalue weighted by Crippen LogP contribution is -2.39. The lowest BCUT2D eigenvalue weighted by Gasteiger charge is -2.37. The zero-order chi connectivity index (χ0) is 19.2. The fourth-order valence-electron chi connectivity index (χ4n) is 3.43. The van der Waals surface area contributed by atoms with Gasteiger partial charge in [-0.15, -0.1) is 0 Å². The van der Waals surface area contributed by atoms with Gasteiger partial charge in [-0.3, -0.25) is 9.69 Å². The van der Waals surface area contributed by atoms with Crippen molar-refractivity contribution in [2.45, 2.75) is 19.1 Å². The molecule has 3 rings (SSSR count). The van der Waals surface area contributed by atoms with E-state index in [1.807, 2.05) is 43.3 Å². The normalized spacial score (nSPS) is 19.0. The van der Waals surface area contributed by atoms with Crippen molar-refractivity contribution in [1.82, 2.24) is 9.80 Å². The van der Waals surface area contributed by atoms with Crippen LogP contribution >= 0.6 is 0 Å². The van der Waals surface area contributed by atoms with Crippen LogP contribution in [0, 0.1) is 0 Å². The van der Waals surface area contributed by atoms with Crippen molar-refractivity contribution in [1.29, 1.82) is 0 Å². The van der Waals surface area contributed by atoms with E-state index in [2.05, 4.69) is 47.5 Å². The minimum atomic E-state index is -0.00970. The predicted molar refractivity (Wildman–Crippen MR) is 109 cm³/mol. The molecule has 2 aromatic rings. The molecule has 144 valence electrons. The van der Waals surface area contributed by atoms with Gasteiger partial charge < -0.3 is 15.0 Å². The molecule has 0 radical (unpaired) electrons. The molecule has 0 spiro atoms. The Hall–Kier alpha value is -2.21. The van der Waals surface area contributed by atoms with Crippen LogP contribution in [0.5, 0.6) is 0 Å². The first kappa shape index (κ1) is 19.5. The first-order chi connectivity index (χ1) is 13.0. The van der Waals surface area contributed by atoms with Gasteiger partial charge >= 0.3 is 0 Å². The van der Waals surface area contributed by atoms with Crippen LogP contribution in [0.25, 0.3) is 0 Å². The van der Waals surface area contributed by atoms with E-state index in [-0.39, 0.29) is 12.0 Å². The smallest absolute Gasteiger partial charge is 0.238 e. The number of nitrogens with zero attached hydrogens (tertiary/aromatic N) is 2. The molecular weight excluding hydrogens is 338 g/mol. The Kier molecular flexibility index (Phi) is 6.61. The Morgan fingerprint density at radius 3 is 2.56 bits per heavy atom. The van der Waals surface area contributed by atoms with Gasteiger partial charge in [0, 0.05) is 24.8 Å². The number of morpholine rings is 1. The van der Waals surface area contributed by atoms with Crippen molar-refractivity contribution < 1.29 is 9.53 Å². The first-order valence-corrected chi connectivity index (χ1v) is 9.48. The molecule has 1 heterocycles. The van der Waals surface area contributed by atoms with E-state index in [0.717, 1.165) is 30.9 Å². The highest BCUT2D eigenvalue weighted by Gasteiger charge is 2.25. The summed E-state index contributed by atoms with van der Waals surface area (Å²) < 4.78 is 6.02. The lowest BCUT2D eigenvalue weighted by atomic mass is 10.0. The van der Waals surface area contributed by atoms with E-state index in [4.69, 9.17) is 4.74 Å². The zero-order valence-electron chi connectivity index (χ0n) is 16.4. The summed E-state index contributed by atoms with van der Waals surface area (Å²) in [6.07, 6.45) is 0.0523. The van der Waals surface area contributed by atoms with Crippen LogP contribution in [0.3, 0.4) is 0 Å². The van der Waals surface area contributed by atoms with Crippen LogP contribution in [0.15, 0.2) is 54.6 Å². The number of rotatable bonds is 6. The summed E-state index contributed by atoms with van der Waals surface area (Å²) in [5, 5.41) is 2.92. The van der Waals surface area contributed by atoms with Crippen LogP contribution < -0.4 is 5.32 Å². The van der Waals surface area contributed by atoms with Gasteiger partial charge in [-0.25, -0.2) is 0 Å². The van der Waals surface area contributed by atoms with Gasteiger partial charge in [-0.05, 0) is 44.3 Å². The molecule has 5 heteroatoms. The quantitative estimate of drug-likeness (QED) is 0.851. The van der Waals surface area contributed by atoms with Gasteiger partial charge in [0.15, 0.2) is 0 Å². The average molecular weight is 367 g/mol. The molecule has 1 aliphatic rings. The Morgan fingerprint density at radius 1 is 1.19 bits per heavy atom. The maximum atomic E-state index is 11.9. The van der Waals surface area contributed by atoms with Crippen LogP contribution in [0.1, 0.15) is 30.2 Å². The van der Waals surface area contributed by atoms with E-state index >= 15 is 0 Å². The van der Waals surface area contributed by atoms with E-state index in [1.54, 1.807) is 0 Å². The summed E-state index contributed by atoms with van der Waals surface area (Å²) in [6, 6.07) is 19.0. The highest BCUT2D eigenvalue weighted by atomic mass is 16.5. The number of likely N-dealkylation sites (N-methyl/N-ethyl adjacent to an activating group) is 1. The Labute approximate surface area is 161 Å². The largest absolute Gasteiger partial charge is 0.371 e. The minimum Gasteiger partial charge on any atom is -0.371 e. The maximum absolute atomic E-state index is 11.9. The fraction of sp³-hybridized carbons (Fsp3) is 0.409. The molecule has 1 saturated heterocycles. The molecule has 0 unspecified atom stereocenters. The second-order valence-electron chi connectivity index (χ2n) is 7.35. The van der Waals surface area contributed by atoms with Crippen molar-refractivity contribution in [2.75, 3.05) is 45.7 Å². The maximum Gasteiger partial charge on any atom is 0.238 e. The average Bonchev–Trinajstić information content (AvgIpc) is 2.68. The number of carbonyl (C=O) groups is 1. The molecule has 0 aliphatic carbocycles. The van der Waals surface area contributed by atoms with Gasteiger partial charge in [0.05, 0.1) is 19.3 Å². The Morgan fingerprint density at radius 2 is 1.89 bits per heavy atom. The van der Waals surface area contributed by atoms with Gasteiger partial charge in [-0.2, -0.15) is 0 Å². The van der Waals surface area contributed by atoms with Crippen LogP contribution in [0.2, 0.25) is 0 Å². The summed E-state index contributed by atoms with van der Waals surface area (Å²) >= 11 is 0. The second-order valence-corrected chi connectivity index (χ2v) is 7.35. The van der Waals surface area contributed by atoms with E-state index < -0.39 is 0 Å². The number of ether oxygens (including phenoxy) is 1. The summed E-state index contributed by atoms with van der Waals surface area (Å²) in [5.41, 5.74) is 3.29. The standard InChI is InChI=1S/C22H29N3O2/c1-17(18-7-5-4-6-8-18)25-13-14-27-21(15-25)19-9-11-20(12-10-19)23-22(26)16-24(2)3/h4-12,17,21H,13-16H2,1-3H3,(H,23,26)/t17-,21-/m1/s1. The number of hydrogen-bond donors (Lipinski definition) is 1. The SMILES string of the molecule is C[C@H](c1ccccc1)N1CCO[C@@H](c2ccc(NC(=O)CN(C)C)cc2)C1. The Balaban J connectivity index is 1.61. The fourth-order valence-corrected chi connectivity index (χ4v) is 3.43.